The topological polar surface area (TPSA) is 78.9 Å². The van der Waals surface area contributed by atoms with Crippen molar-refractivity contribution in [3.8, 4) is 11.1 Å². The second-order valence-electron chi connectivity index (χ2n) is 8.02. The Labute approximate surface area is 185 Å². The molecule has 5 rings (SSSR count). The second kappa shape index (κ2) is 7.20. The van der Waals surface area contributed by atoms with Crippen molar-refractivity contribution in [2.45, 2.75) is 24.8 Å². The maximum atomic E-state index is 13.6. The van der Waals surface area contributed by atoms with E-state index in [2.05, 4.69) is 4.98 Å². The number of aryl methyl sites for hydroxylation is 1. The average Bonchev–Trinajstić information content (AvgIpc) is 3.31. The molecule has 2 aromatic carbocycles. The molecule has 0 amide bonds. The fraction of sp³-hybridized carbons (Fsp3) is 0.167. The zero-order chi connectivity index (χ0) is 22.6. The van der Waals surface area contributed by atoms with Crippen LogP contribution in [0.3, 0.4) is 0 Å². The summed E-state index contributed by atoms with van der Waals surface area (Å²) in [6, 6.07) is 17.7. The predicted octanol–water partition coefficient (Wildman–Crippen LogP) is 4.17. The van der Waals surface area contributed by atoms with E-state index >= 15 is 0 Å². The largest absolute Gasteiger partial charge is 0.329 e. The first-order valence-corrected chi connectivity index (χ1v) is 11.7. The number of imidazole rings is 1. The fourth-order valence-corrected chi connectivity index (χ4v) is 5.53. The summed E-state index contributed by atoms with van der Waals surface area (Å²) >= 11 is 0. The van der Waals surface area contributed by atoms with Crippen LogP contribution in [0.25, 0.3) is 33.2 Å². The second-order valence-corrected chi connectivity index (χ2v) is 9.83. The van der Waals surface area contributed by atoms with Crippen molar-refractivity contribution < 1.29 is 8.42 Å². The van der Waals surface area contributed by atoms with Gasteiger partial charge in [-0.1, -0.05) is 48.5 Å². The van der Waals surface area contributed by atoms with E-state index in [-0.39, 0.29) is 16.6 Å². The Bertz CT molecular complexity index is 1630. The highest BCUT2D eigenvalue weighted by molar-refractivity contribution is 7.90. The quantitative estimate of drug-likeness (QED) is 0.415. The molecule has 0 atom stereocenters. The van der Waals surface area contributed by atoms with Gasteiger partial charge in [-0.15, -0.1) is 0 Å². The molecule has 162 valence electrons. The Balaban J connectivity index is 1.99. The Morgan fingerprint density at radius 2 is 1.56 bits per heavy atom. The summed E-state index contributed by atoms with van der Waals surface area (Å²) in [5, 5.41) is 0.639. The van der Waals surface area contributed by atoms with Gasteiger partial charge in [-0.3, -0.25) is 9.13 Å². The van der Waals surface area contributed by atoms with Crippen molar-refractivity contribution in [3.63, 3.8) is 0 Å². The molecule has 0 bridgehead atoms. The van der Waals surface area contributed by atoms with Crippen LogP contribution in [-0.4, -0.2) is 26.5 Å². The summed E-state index contributed by atoms with van der Waals surface area (Å²) in [6.45, 7) is 3.87. The van der Waals surface area contributed by atoms with E-state index in [1.54, 1.807) is 58.9 Å². The molecule has 0 N–H and O–H groups in total. The summed E-state index contributed by atoms with van der Waals surface area (Å²) in [5.41, 5.74) is 3.02. The molecule has 5 aromatic rings. The van der Waals surface area contributed by atoms with E-state index in [1.807, 2.05) is 44.2 Å². The molecule has 0 saturated carbocycles. The SMILES string of the molecule is CC(C)n1c(=O)n(C)c2cnc3c(c(-c4ccccc4)cn3S(=O)(=O)c3ccccc3)c21. The van der Waals surface area contributed by atoms with E-state index < -0.39 is 10.0 Å². The summed E-state index contributed by atoms with van der Waals surface area (Å²) in [4.78, 5) is 17.7. The maximum absolute atomic E-state index is 13.6. The van der Waals surface area contributed by atoms with Crippen molar-refractivity contribution in [2.24, 2.45) is 7.05 Å². The summed E-state index contributed by atoms with van der Waals surface area (Å²) in [6.07, 6.45) is 3.18. The van der Waals surface area contributed by atoms with Crippen LogP contribution in [0.15, 0.2) is 82.7 Å². The number of nitrogens with zero attached hydrogens (tertiary/aromatic N) is 4. The third-order valence-corrected chi connectivity index (χ3v) is 7.40. The highest BCUT2D eigenvalue weighted by atomic mass is 32.2. The molecule has 0 aliphatic carbocycles. The molecular weight excluding hydrogens is 424 g/mol. The third-order valence-electron chi connectivity index (χ3n) is 5.73. The zero-order valence-corrected chi connectivity index (χ0v) is 18.7. The highest BCUT2D eigenvalue weighted by Gasteiger charge is 2.27. The number of aromatic nitrogens is 4. The Kier molecular flexibility index (Phi) is 4.56. The molecule has 32 heavy (non-hydrogen) atoms. The van der Waals surface area contributed by atoms with Crippen LogP contribution in [-0.2, 0) is 17.1 Å². The first kappa shape index (κ1) is 20.3. The molecule has 0 unspecified atom stereocenters. The third kappa shape index (κ3) is 2.83. The van der Waals surface area contributed by atoms with Gasteiger partial charge in [0.25, 0.3) is 10.0 Å². The van der Waals surface area contributed by atoms with Crippen molar-refractivity contribution >= 4 is 32.1 Å². The van der Waals surface area contributed by atoms with E-state index in [1.165, 1.54) is 3.97 Å². The molecule has 3 heterocycles. The number of pyridine rings is 1. The van der Waals surface area contributed by atoms with Gasteiger partial charge in [0.15, 0.2) is 5.65 Å². The smallest absolute Gasteiger partial charge is 0.293 e. The van der Waals surface area contributed by atoms with E-state index in [9.17, 15) is 13.2 Å². The summed E-state index contributed by atoms with van der Waals surface area (Å²) < 4.78 is 31.6. The first-order valence-electron chi connectivity index (χ1n) is 10.3. The molecule has 0 fully saturated rings. The molecule has 0 aliphatic heterocycles. The van der Waals surface area contributed by atoms with Crippen LogP contribution in [0, 0.1) is 0 Å². The van der Waals surface area contributed by atoms with Gasteiger partial charge in [-0.25, -0.2) is 22.2 Å². The van der Waals surface area contributed by atoms with Gasteiger partial charge >= 0.3 is 5.69 Å². The van der Waals surface area contributed by atoms with Crippen LogP contribution in [0.1, 0.15) is 19.9 Å². The van der Waals surface area contributed by atoms with Crippen LogP contribution < -0.4 is 5.69 Å². The molecule has 8 heteroatoms. The van der Waals surface area contributed by atoms with Crippen LogP contribution in [0.5, 0.6) is 0 Å². The minimum absolute atomic E-state index is 0.116. The number of hydrogen-bond acceptors (Lipinski definition) is 4. The molecule has 3 aromatic heterocycles. The van der Waals surface area contributed by atoms with Crippen molar-refractivity contribution in [1.82, 2.24) is 18.1 Å². The van der Waals surface area contributed by atoms with Gasteiger partial charge in [0.05, 0.1) is 27.5 Å². The van der Waals surface area contributed by atoms with Gasteiger partial charge in [-0.2, -0.15) is 0 Å². The van der Waals surface area contributed by atoms with Crippen molar-refractivity contribution in [3.05, 3.63) is 83.5 Å². The summed E-state index contributed by atoms with van der Waals surface area (Å²) in [7, 11) is -2.19. The van der Waals surface area contributed by atoms with Crippen LogP contribution >= 0.6 is 0 Å². The zero-order valence-electron chi connectivity index (χ0n) is 17.9. The highest BCUT2D eigenvalue weighted by Crippen LogP contribution is 2.37. The monoisotopic (exact) mass is 446 g/mol. The molecule has 7 nitrogen and oxygen atoms in total. The van der Waals surface area contributed by atoms with E-state index in [0.717, 1.165) is 5.56 Å². The normalized spacial score (nSPS) is 12.2. The Morgan fingerprint density at radius 3 is 2.19 bits per heavy atom. The summed E-state index contributed by atoms with van der Waals surface area (Å²) in [5.74, 6) is 0. The molecule has 0 radical (unpaired) electrons. The lowest BCUT2D eigenvalue weighted by molar-refractivity contribution is 0.584. The number of hydrogen-bond donors (Lipinski definition) is 0. The van der Waals surface area contributed by atoms with E-state index in [4.69, 9.17) is 0 Å². The molecular formula is C24H22N4O3S. The number of benzene rings is 2. The molecule has 0 aliphatic rings. The maximum Gasteiger partial charge on any atom is 0.329 e. The Hall–Kier alpha value is -3.65. The predicted molar refractivity (Wildman–Crippen MR) is 125 cm³/mol. The van der Waals surface area contributed by atoms with Gasteiger partial charge < -0.3 is 0 Å². The fourth-order valence-electron chi connectivity index (χ4n) is 4.19. The lowest BCUT2D eigenvalue weighted by atomic mass is 10.1. The molecule has 0 spiro atoms. The first-order chi connectivity index (χ1) is 15.3. The minimum Gasteiger partial charge on any atom is -0.293 e. The Morgan fingerprint density at radius 1 is 0.938 bits per heavy atom. The van der Waals surface area contributed by atoms with Crippen LogP contribution in [0.2, 0.25) is 0 Å². The van der Waals surface area contributed by atoms with Crippen molar-refractivity contribution in [2.75, 3.05) is 0 Å². The lowest BCUT2D eigenvalue weighted by Crippen LogP contribution is -2.23. The lowest BCUT2D eigenvalue weighted by Gasteiger charge is -2.09. The standard InChI is InChI=1S/C24H22N4O3S/c1-16(2)28-22-20(26(3)24(28)29)14-25-23-21(22)19(17-10-6-4-7-11-17)15-27(23)32(30,31)18-12-8-5-9-13-18/h4-16H,1-3H3. The minimum atomic E-state index is -3.90. The number of rotatable bonds is 4. The van der Waals surface area contributed by atoms with Crippen LogP contribution in [0.4, 0.5) is 0 Å². The van der Waals surface area contributed by atoms with Gasteiger partial charge in [0.2, 0.25) is 0 Å². The van der Waals surface area contributed by atoms with Gasteiger partial charge in [0.1, 0.15) is 0 Å². The van der Waals surface area contributed by atoms with Gasteiger partial charge in [-0.05, 0) is 31.5 Å². The average molecular weight is 447 g/mol. The van der Waals surface area contributed by atoms with E-state index in [0.29, 0.717) is 27.6 Å². The van der Waals surface area contributed by atoms with Gasteiger partial charge in [0, 0.05) is 24.8 Å². The number of fused-ring (bicyclic) bond motifs is 3. The molecule has 0 saturated heterocycles. The van der Waals surface area contributed by atoms with Crippen molar-refractivity contribution in [1.29, 1.82) is 0 Å².